The second-order valence-corrected chi connectivity index (χ2v) is 7.11. The van der Waals surface area contributed by atoms with Gasteiger partial charge in [0.1, 0.15) is 5.75 Å². The summed E-state index contributed by atoms with van der Waals surface area (Å²) in [6, 6.07) is 8.24. The molecule has 1 aromatic heterocycles. The number of hydrogen-bond acceptors (Lipinski definition) is 4. The van der Waals surface area contributed by atoms with E-state index in [4.69, 9.17) is 4.74 Å². The molecule has 114 valence electrons. The fourth-order valence-corrected chi connectivity index (χ4v) is 2.81. The zero-order chi connectivity index (χ0) is 15.5. The Kier molecular flexibility index (Phi) is 5.01. The highest BCUT2D eigenvalue weighted by Gasteiger charge is 2.19. The van der Waals surface area contributed by atoms with Gasteiger partial charge in [0.2, 0.25) is 0 Å². The van der Waals surface area contributed by atoms with Gasteiger partial charge >= 0.3 is 0 Å². The molecule has 3 nitrogen and oxygen atoms in total. The minimum atomic E-state index is -0.816. The van der Waals surface area contributed by atoms with Gasteiger partial charge in [-0.1, -0.05) is 26.0 Å². The fourth-order valence-electron chi connectivity index (χ4n) is 1.91. The van der Waals surface area contributed by atoms with Gasteiger partial charge in [-0.15, -0.1) is 11.3 Å². The van der Waals surface area contributed by atoms with E-state index in [0.717, 1.165) is 22.1 Å². The molecule has 0 fully saturated rings. The van der Waals surface area contributed by atoms with Crippen LogP contribution in [-0.2, 0) is 12.0 Å². The lowest BCUT2D eigenvalue weighted by atomic mass is 10.0. The molecule has 0 saturated heterocycles. The molecule has 1 aromatic carbocycles. The van der Waals surface area contributed by atoms with Crippen molar-refractivity contribution in [2.75, 3.05) is 6.61 Å². The van der Waals surface area contributed by atoms with Crippen molar-refractivity contribution < 1.29 is 9.84 Å². The van der Waals surface area contributed by atoms with Crippen LogP contribution >= 0.6 is 11.3 Å². The predicted molar refractivity (Wildman–Crippen MR) is 87.1 cm³/mol. The normalized spacial score (nSPS) is 11.9. The third-order valence-electron chi connectivity index (χ3n) is 3.29. The lowest BCUT2D eigenvalue weighted by Gasteiger charge is -2.13. The first-order valence-corrected chi connectivity index (χ1v) is 8.08. The highest BCUT2D eigenvalue weighted by atomic mass is 32.1. The Balaban J connectivity index is 1.85. The van der Waals surface area contributed by atoms with Gasteiger partial charge < -0.3 is 9.84 Å². The van der Waals surface area contributed by atoms with E-state index in [-0.39, 0.29) is 0 Å². The molecule has 0 aliphatic carbocycles. The summed E-state index contributed by atoms with van der Waals surface area (Å²) in [5.41, 5.74) is 0.501. The Morgan fingerprint density at radius 1 is 1.24 bits per heavy atom. The van der Waals surface area contributed by atoms with Gasteiger partial charge in [-0.25, -0.2) is 4.98 Å². The molecule has 0 aliphatic heterocycles. The van der Waals surface area contributed by atoms with Crippen molar-refractivity contribution in [2.24, 2.45) is 0 Å². The molecule has 0 atom stereocenters. The maximum absolute atomic E-state index is 9.92. The highest BCUT2D eigenvalue weighted by Crippen LogP contribution is 2.26. The van der Waals surface area contributed by atoms with Gasteiger partial charge in [0, 0.05) is 12.6 Å². The second-order valence-electron chi connectivity index (χ2n) is 6.00. The van der Waals surface area contributed by atoms with E-state index >= 15 is 0 Å². The Bertz CT molecular complexity index is 567. The monoisotopic (exact) mass is 305 g/mol. The Labute approximate surface area is 130 Å². The molecule has 4 heteroatoms. The first-order chi connectivity index (χ1) is 9.86. The maximum atomic E-state index is 9.92. The van der Waals surface area contributed by atoms with Crippen molar-refractivity contribution in [3.8, 4) is 5.75 Å². The maximum Gasteiger partial charge on any atom is 0.119 e. The molecule has 0 saturated carbocycles. The predicted octanol–water partition coefficient (Wildman–Crippen LogP) is 4.12. The molecule has 0 amide bonds. The van der Waals surface area contributed by atoms with Crippen LogP contribution in [0.1, 0.15) is 49.1 Å². The van der Waals surface area contributed by atoms with E-state index in [2.05, 4.69) is 31.0 Å². The molecule has 2 aromatic rings. The van der Waals surface area contributed by atoms with Gasteiger partial charge in [0.25, 0.3) is 0 Å². The fraction of sp³-hybridized carbons (Fsp3) is 0.471. The number of aliphatic hydroxyl groups is 1. The van der Waals surface area contributed by atoms with Crippen LogP contribution in [-0.4, -0.2) is 16.7 Å². The number of benzene rings is 1. The van der Waals surface area contributed by atoms with E-state index in [9.17, 15) is 5.11 Å². The molecule has 0 spiro atoms. The van der Waals surface area contributed by atoms with Crippen LogP contribution in [0.25, 0.3) is 0 Å². The Hall–Kier alpha value is -1.39. The summed E-state index contributed by atoms with van der Waals surface area (Å²) in [7, 11) is 0. The van der Waals surface area contributed by atoms with Crippen molar-refractivity contribution in [3.63, 3.8) is 0 Å². The van der Waals surface area contributed by atoms with E-state index in [0.29, 0.717) is 12.5 Å². The number of aromatic nitrogens is 1. The zero-order valence-corrected chi connectivity index (χ0v) is 13.9. The molecule has 0 radical (unpaired) electrons. The zero-order valence-electron chi connectivity index (χ0n) is 13.1. The first kappa shape index (κ1) is 16.0. The molecule has 21 heavy (non-hydrogen) atoms. The summed E-state index contributed by atoms with van der Waals surface area (Å²) in [5.74, 6) is 1.42. The number of rotatable bonds is 6. The van der Waals surface area contributed by atoms with Crippen molar-refractivity contribution in [3.05, 3.63) is 45.9 Å². The van der Waals surface area contributed by atoms with Gasteiger partial charge in [-0.3, -0.25) is 0 Å². The van der Waals surface area contributed by atoms with E-state index in [1.165, 1.54) is 5.56 Å². The summed E-state index contributed by atoms with van der Waals surface area (Å²) < 4.78 is 5.74. The summed E-state index contributed by atoms with van der Waals surface area (Å²) in [6.45, 7) is 8.51. The summed E-state index contributed by atoms with van der Waals surface area (Å²) in [5, 5.41) is 10.9. The van der Waals surface area contributed by atoms with E-state index < -0.39 is 5.60 Å². The largest absolute Gasteiger partial charge is 0.493 e. The van der Waals surface area contributed by atoms with Gasteiger partial charge in [-0.2, -0.15) is 0 Å². The number of hydrogen-bond donors (Lipinski definition) is 1. The van der Waals surface area contributed by atoms with Crippen molar-refractivity contribution in [2.45, 2.75) is 45.6 Å². The van der Waals surface area contributed by atoms with Crippen LogP contribution in [0.4, 0.5) is 0 Å². The van der Waals surface area contributed by atoms with E-state index in [1.807, 2.05) is 12.1 Å². The summed E-state index contributed by atoms with van der Waals surface area (Å²) >= 11 is 1.54. The number of nitrogens with zero attached hydrogens (tertiary/aromatic N) is 1. The van der Waals surface area contributed by atoms with Crippen LogP contribution in [0, 0.1) is 0 Å². The van der Waals surface area contributed by atoms with Gasteiger partial charge in [0.05, 0.1) is 22.1 Å². The lowest BCUT2D eigenvalue weighted by molar-refractivity contribution is 0.0823. The molecular formula is C17H23NO2S. The lowest BCUT2D eigenvalue weighted by Crippen LogP contribution is -2.12. The topological polar surface area (TPSA) is 42.4 Å². The molecule has 0 bridgehead atoms. The Morgan fingerprint density at radius 3 is 2.43 bits per heavy atom. The standard InChI is InChI=1S/C17H23NO2S/c1-12(2)13-5-7-14(8-6-13)20-10-9-16-18-11-15(21-16)17(3,4)19/h5-8,11-12,19H,9-10H2,1-4H3. The van der Waals surface area contributed by atoms with Crippen molar-refractivity contribution in [1.29, 1.82) is 0 Å². The molecule has 1 N–H and O–H groups in total. The average Bonchev–Trinajstić information content (AvgIpc) is 2.88. The minimum Gasteiger partial charge on any atom is -0.493 e. The summed E-state index contributed by atoms with van der Waals surface area (Å²) in [6.07, 6.45) is 2.50. The molecular weight excluding hydrogens is 282 g/mol. The smallest absolute Gasteiger partial charge is 0.119 e. The molecule has 0 unspecified atom stereocenters. The first-order valence-electron chi connectivity index (χ1n) is 7.26. The molecule has 1 heterocycles. The SMILES string of the molecule is CC(C)c1ccc(OCCc2ncc(C(C)(C)O)s2)cc1. The highest BCUT2D eigenvalue weighted by molar-refractivity contribution is 7.11. The van der Waals surface area contributed by atoms with Crippen LogP contribution in [0.2, 0.25) is 0 Å². The third-order valence-corrected chi connectivity index (χ3v) is 4.66. The van der Waals surface area contributed by atoms with E-state index in [1.54, 1.807) is 31.4 Å². The van der Waals surface area contributed by atoms with Crippen LogP contribution in [0.5, 0.6) is 5.75 Å². The van der Waals surface area contributed by atoms with Crippen molar-refractivity contribution in [1.82, 2.24) is 4.98 Å². The quantitative estimate of drug-likeness (QED) is 0.873. The average molecular weight is 305 g/mol. The van der Waals surface area contributed by atoms with Gasteiger partial charge in [0.15, 0.2) is 0 Å². The minimum absolute atomic E-state index is 0.537. The Morgan fingerprint density at radius 2 is 1.90 bits per heavy atom. The molecule has 2 rings (SSSR count). The number of thiazole rings is 1. The number of ether oxygens (including phenoxy) is 1. The molecule has 0 aliphatic rings. The second kappa shape index (κ2) is 6.58. The van der Waals surface area contributed by atoms with Crippen LogP contribution < -0.4 is 4.74 Å². The van der Waals surface area contributed by atoms with Crippen LogP contribution in [0.3, 0.4) is 0 Å². The third kappa shape index (κ3) is 4.55. The van der Waals surface area contributed by atoms with Crippen LogP contribution in [0.15, 0.2) is 30.5 Å². The summed E-state index contributed by atoms with van der Waals surface area (Å²) in [4.78, 5) is 5.22. The van der Waals surface area contributed by atoms with Gasteiger partial charge in [-0.05, 0) is 37.5 Å². The van der Waals surface area contributed by atoms with Crippen molar-refractivity contribution >= 4 is 11.3 Å².